The van der Waals surface area contributed by atoms with Gasteiger partial charge in [-0.15, -0.1) is 11.3 Å². The molecule has 0 bridgehead atoms. The Morgan fingerprint density at radius 2 is 2.20 bits per heavy atom. The van der Waals surface area contributed by atoms with Crippen LogP contribution in [-0.2, 0) is 16.6 Å². The fourth-order valence-corrected chi connectivity index (χ4v) is 3.81. The van der Waals surface area contributed by atoms with Crippen LogP contribution < -0.4 is 5.56 Å². The third-order valence-corrected chi connectivity index (χ3v) is 5.73. The van der Waals surface area contributed by atoms with Gasteiger partial charge >= 0.3 is 0 Å². The van der Waals surface area contributed by atoms with Gasteiger partial charge in [0.2, 0.25) is 10.0 Å². The number of nitrogens with one attached hydrogen (secondary N) is 1. The van der Waals surface area contributed by atoms with Gasteiger partial charge < -0.3 is 4.98 Å². The first-order valence-electron chi connectivity index (χ1n) is 5.56. The Labute approximate surface area is 125 Å². The highest BCUT2D eigenvalue weighted by atomic mass is 35.5. The lowest BCUT2D eigenvalue weighted by atomic mass is 10.4. The molecule has 0 spiro atoms. The van der Waals surface area contributed by atoms with Crippen molar-refractivity contribution in [2.24, 2.45) is 0 Å². The van der Waals surface area contributed by atoms with E-state index in [1.54, 1.807) is 5.51 Å². The molecule has 20 heavy (non-hydrogen) atoms. The summed E-state index contributed by atoms with van der Waals surface area (Å²) in [6.07, 6.45) is 1.14. The van der Waals surface area contributed by atoms with Crippen LogP contribution in [0, 0.1) is 6.92 Å². The minimum atomic E-state index is -3.71. The van der Waals surface area contributed by atoms with Gasteiger partial charge in [-0.2, -0.15) is 4.31 Å². The van der Waals surface area contributed by atoms with Crippen molar-refractivity contribution in [3.63, 3.8) is 0 Å². The molecule has 0 atom stereocenters. The van der Waals surface area contributed by atoms with Crippen molar-refractivity contribution < 1.29 is 8.42 Å². The summed E-state index contributed by atoms with van der Waals surface area (Å²) < 4.78 is 25.9. The lowest BCUT2D eigenvalue weighted by molar-refractivity contribution is 0.468. The fraction of sp³-hybridized carbons (Fsp3) is 0.273. The van der Waals surface area contributed by atoms with Gasteiger partial charge in [-0.1, -0.05) is 11.6 Å². The van der Waals surface area contributed by atoms with E-state index >= 15 is 0 Å². The number of H-pyrrole nitrogens is 1. The van der Waals surface area contributed by atoms with Crippen molar-refractivity contribution >= 4 is 33.0 Å². The molecular formula is C11H12ClN3O3S2. The minimum absolute atomic E-state index is 0.0493. The van der Waals surface area contributed by atoms with Crippen LogP contribution in [0.25, 0.3) is 0 Å². The average Bonchev–Trinajstić information content (AvgIpc) is 2.78. The number of hydrogen-bond acceptors (Lipinski definition) is 5. The molecule has 2 aromatic heterocycles. The molecule has 2 aromatic rings. The Bertz CT molecular complexity index is 782. The standard InChI is InChI=1S/C11H12ClN3O3S2/c1-7-10(19-6-14-7)5-15(2)20(17,18)8-3-9(12)11(16)13-4-8/h3-4,6H,5H2,1-2H3,(H,13,16). The second-order valence-corrected chi connectivity index (χ2v) is 7.53. The van der Waals surface area contributed by atoms with Gasteiger partial charge in [0.15, 0.2) is 0 Å². The second-order valence-electron chi connectivity index (χ2n) is 4.13. The summed E-state index contributed by atoms with van der Waals surface area (Å²) in [7, 11) is -2.25. The van der Waals surface area contributed by atoms with E-state index in [4.69, 9.17) is 11.6 Å². The maximum atomic E-state index is 12.4. The molecule has 0 aromatic carbocycles. The summed E-state index contributed by atoms with van der Waals surface area (Å²) in [5.41, 5.74) is 1.95. The highest BCUT2D eigenvalue weighted by Crippen LogP contribution is 2.20. The number of pyridine rings is 1. The molecule has 0 saturated carbocycles. The molecule has 6 nitrogen and oxygen atoms in total. The van der Waals surface area contributed by atoms with E-state index in [-0.39, 0.29) is 16.5 Å². The van der Waals surface area contributed by atoms with Crippen molar-refractivity contribution in [1.82, 2.24) is 14.3 Å². The first kappa shape index (κ1) is 15.2. The van der Waals surface area contributed by atoms with Crippen molar-refractivity contribution in [2.45, 2.75) is 18.4 Å². The predicted octanol–water partition coefficient (Wildman–Crippen LogP) is 1.61. The Morgan fingerprint density at radius 3 is 2.75 bits per heavy atom. The molecular weight excluding hydrogens is 322 g/mol. The number of thiazole rings is 1. The maximum absolute atomic E-state index is 12.4. The molecule has 0 amide bonds. The van der Waals surface area contributed by atoms with E-state index in [0.29, 0.717) is 0 Å². The Hall–Kier alpha value is -1.22. The molecule has 0 saturated heterocycles. The number of rotatable bonds is 4. The third kappa shape index (κ3) is 2.93. The fourth-order valence-electron chi connectivity index (χ4n) is 1.53. The van der Waals surface area contributed by atoms with Gasteiger partial charge in [-0.3, -0.25) is 4.79 Å². The summed E-state index contributed by atoms with van der Waals surface area (Å²) in [6, 6.07) is 1.14. The number of aromatic nitrogens is 2. The van der Waals surface area contributed by atoms with Crippen molar-refractivity contribution in [2.75, 3.05) is 7.05 Å². The van der Waals surface area contributed by atoms with Crippen molar-refractivity contribution in [1.29, 1.82) is 0 Å². The van der Waals surface area contributed by atoms with E-state index in [0.717, 1.165) is 22.8 Å². The molecule has 0 fully saturated rings. The van der Waals surface area contributed by atoms with Crippen LogP contribution in [0.2, 0.25) is 5.02 Å². The molecule has 0 radical (unpaired) electrons. The Balaban J connectivity index is 2.32. The van der Waals surface area contributed by atoms with E-state index in [9.17, 15) is 13.2 Å². The quantitative estimate of drug-likeness (QED) is 0.921. The van der Waals surface area contributed by atoms with Crippen molar-refractivity contribution in [3.05, 3.63) is 43.7 Å². The van der Waals surface area contributed by atoms with E-state index < -0.39 is 15.6 Å². The molecule has 0 aliphatic heterocycles. The molecule has 0 aliphatic rings. The van der Waals surface area contributed by atoms with Gasteiger partial charge in [0.05, 0.1) is 16.1 Å². The third-order valence-electron chi connectivity index (χ3n) is 2.75. The number of hydrogen-bond donors (Lipinski definition) is 1. The molecule has 108 valence electrons. The summed E-state index contributed by atoms with van der Waals surface area (Å²) >= 11 is 7.05. The van der Waals surface area contributed by atoms with Gasteiger partial charge in [0, 0.05) is 24.7 Å². The zero-order valence-electron chi connectivity index (χ0n) is 10.8. The molecule has 2 heterocycles. The van der Waals surface area contributed by atoms with E-state index in [1.807, 2.05) is 6.92 Å². The molecule has 9 heteroatoms. The lowest BCUT2D eigenvalue weighted by Gasteiger charge is -2.16. The van der Waals surface area contributed by atoms with Gasteiger partial charge in [0.25, 0.3) is 5.56 Å². The topological polar surface area (TPSA) is 83.1 Å². The monoisotopic (exact) mass is 333 g/mol. The highest BCUT2D eigenvalue weighted by molar-refractivity contribution is 7.89. The Morgan fingerprint density at radius 1 is 1.50 bits per heavy atom. The molecule has 0 unspecified atom stereocenters. The smallest absolute Gasteiger partial charge is 0.266 e. The van der Waals surface area contributed by atoms with Gasteiger partial charge in [-0.05, 0) is 13.0 Å². The largest absolute Gasteiger partial charge is 0.326 e. The number of aryl methyl sites for hydroxylation is 1. The van der Waals surface area contributed by atoms with E-state index in [1.165, 1.54) is 22.7 Å². The SMILES string of the molecule is Cc1ncsc1CN(C)S(=O)(=O)c1c[nH]c(=O)c(Cl)c1. The molecule has 1 N–H and O–H groups in total. The average molecular weight is 334 g/mol. The van der Waals surface area contributed by atoms with Crippen LogP contribution in [0.3, 0.4) is 0 Å². The number of halogens is 1. The minimum Gasteiger partial charge on any atom is -0.326 e. The van der Waals surface area contributed by atoms with Gasteiger partial charge in [0.1, 0.15) is 5.02 Å². The summed E-state index contributed by atoms with van der Waals surface area (Å²) in [4.78, 5) is 18.4. The first-order valence-corrected chi connectivity index (χ1v) is 8.25. The van der Waals surface area contributed by atoms with Crippen LogP contribution in [0.4, 0.5) is 0 Å². The van der Waals surface area contributed by atoms with E-state index in [2.05, 4.69) is 9.97 Å². The number of nitrogens with zero attached hydrogens (tertiary/aromatic N) is 2. The highest BCUT2D eigenvalue weighted by Gasteiger charge is 2.23. The summed E-state index contributed by atoms with van der Waals surface area (Å²) in [6.45, 7) is 2.04. The number of aromatic amines is 1. The second kappa shape index (κ2) is 5.65. The van der Waals surface area contributed by atoms with Crippen LogP contribution in [0.1, 0.15) is 10.6 Å². The zero-order chi connectivity index (χ0) is 14.9. The summed E-state index contributed by atoms with van der Waals surface area (Å²) in [5.74, 6) is 0. The van der Waals surface area contributed by atoms with Crippen LogP contribution >= 0.6 is 22.9 Å². The van der Waals surface area contributed by atoms with Crippen LogP contribution in [-0.4, -0.2) is 29.7 Å². The van der Waals surface area contributed by atoms with Gasteiger partial charge in [-0.25, -0.2) is 13.4 Å². The molecule has 2 rings (SSSR count). The summed E-state index contributed by atoms with van der Waals surface area (Å²) in [5, 5.41) is -0.159. The normalized spacial score (nSPS) is 12.0. The molecule has 0 aliphatic carbocycles. The lowest BCUT2D eigenvalue weighted by Crippen LogP contribution is -2.27. The maximum Gasteiger partial charge on any atom is 0.266 e. The first-order chi connectivity index (χ1) is 9.32. The van der Waals surface area contributed by atoms with Crippen LogP contribution in [0.15, 0.2) is 27.5 Å². The van der Waals surface area contributed by atoms with Crippen LogP contribution in [0.5, 0.6) is 0 Å². The Kier molecular flexibility index (Phi) is 4.28. The number of sulfonamides is 1. The predicted molar refractivity (Wildman–Crippen MR) is 77.6 cm³/mol. The van der Waals surface area contributed by atoms with Crippen molar-refractivity contribution in [3.8, 4) is 0 Å². The zero-order valence-corrected chi connectivity index (χ0v) is 13.1.